The molecule has 0 spiro atoms. The van der Waals surface area contributed by atoms with E-state index in [4.69, 9.17) is 4.98 Å². The normalized spacial score (nSPS) is 16.2. The Hall–Kier alpha value is -2.39. The van der Waals surface area contributed by atoms with Gasteiger partial charge in [0.05, 0.1) is 11.0 Å². The van der Waals surface area contributed by atoms with E-state index in [1.165, 1.54) is 16.6 Å². The molecule has 0 amide bonds. The van der Waals surface area contributed by atoms with Gasteiger partial charge in [0, 0.05) is 6.04 Å². The topological polar surface area (TPSA) is 29.9 Å². The van der Waals surface area contributed by atoms with E-state index in [-0.39, 0.29) is 0 Å². The smallest absolute Gasteiger partial charge is 0.134 e. The van der Waals surface area contributed by atoms with Gasteiger partial charge in [-0.15, -0.1) is 0 Å². The molecule has 4 rings (SSSR count). The Morgan fingerprint density at radius 3 is 2.54 bits per heavy atom. The summed E-state index contributed by atoms with van der Waals surface area (Å²) < 4.78 is 2.43. The number of hydrogen-bond donors (Lipinski definition) is 1. The molecule has 3 nitrogen and oxygen atoms in total. The van der Waals surface area contributed by atoms with Crippen LogP contribution in [0.1, 0.15) is 35.8 Å². The van der Waals surface area contributed by atoms with Crippen molar-refractivity contribution in [3.05, 3.63) is 65.5 Å². The third-order valence-electron chi connectivity index (χ3n) is 4.80. The van der Waals surface area contributed by atoms with E-state index < -0.39 is 0 Å². The van der Waals surface area contributed by atoms with E-state index in [2.05, 4.69) is 77.5 Å². The van der Waals surface area contributed by atoms with Gasteiger partial charge >= 0.3 is 0 Å². The number of aryl methyl sites for hydroxylation is 1. The first-order valence-electron chi connectivity index (χ1n) is 8.74. The molecule has 3 aromatic rings. The highest BCUT2D eigenvalue weighted by molar-refractivity contribution is 5.80. The fourth-order valence-corrected chi connectivity index (χ4v) is 3.48. The van der Waals surface area contributed by atoms with Gasteiger partial charge in [0.15, 0.2) is 0 Å². The number of imidazole rings is 1. The molecule has 2 aromatic carbocycles. The lowest BCUT2D eigenvalue weighted by molar-refractivity contribution is 0.373. The van der Waals surface area contributed by atoms with Gasteiger partial charge in [-0.3, -0.25) is 0 Å². The zero-order chi connectivity index (χ0) is 16.4. The highest BCUT2D eigenvalue weighted by Gasteiger charge is 2.19. The van der Waals surface area contributed by atoms with E-state index in [0.29, 0.717) is 6.04 Å². The quantitative estimate of drug-likeness (QED) is 0.774. The second-order valence-corrected chi connectivity index (χ2v) is 6.55. The monoisotopic (exact) mass is 317 g/mol. The van der Waals surface area contributed by atoms with Crippen molar-refractivity contribution in [1.82, 2.24) is 14.9 Å². The first-order valence-corrected chi connectivity index (χ1v) is 8.74. The maximum absolute atomic E-state index is 4.88. The molecule has 0 bridgehead atoms. The molecule has 1 N–H and O–H groups in total. The number of rotatable bonds is 3. The predicted molar refractivity (Wildman–Crippen MR) is 101 cm³/mol. The number of fused-ring (bicyclic) bond motifs is 1. The molecule has 0 unspecified atom stereocenters. The molecule has 1 saturated heterocycles. The number of nitrogens with zero attached hydrogens (tertiary/aromatic N) is 2. The molecule has 1 aliphatic heterocycles. The van der Waals surface area contributed by atoms with Gasteiger partial charge in [0.2, 0.25) is 0 Å². The standard InChI is InChI=1S/C21H23N3/c1-16-6-8-17(9-7-16)10-11-21-23-19-4-2-3-5-20(19)24(21)18-12-14-22-15-13-18/h2-11,18,22H,12-15H2,1H3/b11-10+. The summed E-state index contributed by atoms with van der Waals surface area (Å²) >= 11 is 0. The summed E-state index contributed by atoms with van der Waals surface area (Å²) in [5, 5.41) is 3.46. The number of nitrogens with one attached hydrogen (secondary N) is 1. The Labute approximate surface area is 143 Å². The number of hydrogen-bond acceptors (Lipinski definition) is 2. The van der Waals surface area contributed by atoms with Crippen LogP contribution in [0.15, 0.2) is 48.5 Å². The summed E-state index contributed by atoms with van der Waals surface area (Å²) in [7, 11) is 0. The van der Waals surface area contributed by atoms with E-state index in [9.17, 15) is 0 Å². The molecule has 1 aromatic heterocycles. The van der Waals surface area contributed by atoms with Crippen molar-refractivity contribution >= 4 is 23.2 Å². The minimum Gasteiger partial charge on any atom is -0.321 e. The van der Waals surface area contributed by atoms with E-state index in [0.717, 1.165) is 37.3 Å². The summed E-state index contributed by atoms with van der Waals surface area (Å²) in [5.41, 5.74) is 4.83. The Morgan fingerprint density at radius 2 is 1.75 bits per heavy atom. The fourth-order valence-electron chi connectivity index (χ4n) is 3.48. The molecule has 122 valence electrons. The molecule has 24 heavy (non-hydrogen) atoms. The Kier molecular flexibility index (Phi) is 4.18. The Bertz CT molecular complexity index is 852. The van der Waals surface area contributed by atoms with Gasteiger partial charge in [0.1, 0.15) is 5.82 Å². The van der Waals surface area contributed by atoms with Crippen molar-refractivity contribution < 1.29 is 0 Å². The molecular weight excluding hydrogens is 294 g/mol. The zero-order valence-electron chi connectivity index (χ0n) is 14.1. The van der Waals surface area contributed by atoms with E-state index >= 15 is 0 Å². The molecule has 0 saturated carbocycles. The maximum atomic E-state index is 4.88. The van der Waals surface area contributed by atoms with Crippen LogP contribution in [-0.4, -0.2) is 22.6 Å². The van der Waals surface area contributed by atoms with Crippen LogP contribution in [-0.2, 0) is 0 Å². The van der Waals surface area contributed by atoms with Gasteiger partial charge in [-0.05, 0) is 56.6 Å². The van der Waals surface area contributed by atoms with Gasteiger partial charge in [-0.1, -0.05) is 48.0 Å². The zero-order valence-corrected chi connectivity index (χ0v) is 14.1. The summed E-state index contributed by atoms with van der Waals surface area (Å²) in [4.78, 5) is 4.88. The summed E-state index contributed by atoms with van der Waals surface area (Å²) in [6.45, 7) is 4.28. The van der Waals surface area contributed by atoms with Gasteiger partial charge < -0.3 is 9.88 Å². The molecular formula is C21H23N3. The largest absolute Gasteiger partial charge is 0.321 e. The highest BCUT2D eigenvalue weighted by atomic mass is 15.1. The SMILES string of the molecule is Cc1ccc(/C=C/c2nc3ccccc3n2C2CCNCC2)cc1. The Morgan fingerprint density at radius 1 is 1.00 bits per heavy atom. The lowest BCUT2D eigenvalue weighted by atomic mass is 10.1. The van der Waals surface area contributed by atoms with E-state index in [1.807, 2.05) is 0 Å². The van der Waals surface area contributed by atoms with Crippen molar-refractivity contribution in [3.8, 4) is 0 Å². The van der Waals surface area contributed by atoms with Crippen molar-refractivity contribution in [1.29, 1.82) is 0 Å². The first-order chi connectivity index (χ1) is 11.8. The highest BCUT2D eigenvalue weighted by Crippen LogP contribution is 2.27. The second-order valence-electron chi connectivity index (χ2n) is 6.55. The van der Waals surface area contributed by atoms with Crippen molar-refractivity contribution in [2.75, 3.05) is 13.1 Å². The minimum atomic E-state index is 0.524. The summed E-state index contributed by atoms with van der Waals surface area (Å²) in [6.07, 6.45) is 6.64. The number of aromatic nitrogens is 2. The van der Waals surface area contributed by atoms with E-state index in [1.54, 1.807) is 0 Å². The fraction of sp³-hybridized carbons (Fsp3) is 0.286. The van der Waals surface area contributed by atoms with Crippen LogP contribution in [0.5, 0.6) is 0 Å². The number of piperidine rings is 1. The van der Waals surface area contributed by atoms with Crippen LogP contribution in [0.3, 0.4) is 0 Å². The van der Waals surface area contributed by atoms with Crippen LogP contribution in [0.4, 0.5) is 0 Å². The average Bonchev–Trinajstić information content (AvgIpc) is 3.00. The first kappa shape index (κ1) is 15.2. The van der Waals surface area contributed by atoms with Crippen LogP contribution in [0.2, 0.25) is 0 Å². The molecule has 0 radical (unpaired) electrons. The molecule has 0 aliphatic carbocycles. The average molecular weight is 317 g/mol. The summed E-state index contributed by atoms with van der Waals surface area (Å²) in [5.74, 6) is 1.06. The maximum Gasteiger partial charge on any atom is 0.134 e. The van der Waals surface area contributed by atoms with Gasteiger partial charge in [0.25, 0.3) is 0 Å². The predicted octanol–water partition coefficient (Wildman–Crippen LogP) is 4.44. The van der Waals surface area contributed by atoms with Crippen LogP contribution < -0.4 is 5.32 Å². The van der Waals surface area contributed by atoms with Gasteiger partial charge in [-0.2, -0.15) is 0 Å². The van der Waals surface area contributed by atoms with Gasteiger partial charge in [-0.25, -0.2) is 4.98 Å². The molecule has 0 atom stereocenters. The lowest BCUT2D eigenvalue weighted by Gasteiger charge is -2.25. The Balaban J connectivity index is 1.74. The molecule has 3 heteroatoms. The van der Waals surface area contributed by atoms with Crippen molar-refractivity contribution in [3.63, 3.8) is 0 Å². The van der Waals surface area contributed by atoms with Crippen molar-refractivity contribution in [2.45, 2.75) is 25.8 Å². The van der Waals surface area contributed by atoms with Crippen LogP contribution >= 0.6 is 0 Å². The third kappa shape index (κ3) is 3.00. The second kappa shape index (κ2) is 6.62. The lowest BCUT2D eigenvalue weighted by Crippen LogP contribution is -2.29. The molecule has 2 heterocycles. The summed E-state index contributed by atoms with van der Waals surface area (Å²) in [6, 6.07) is 17.6. The van der Waals surface area contributed by atoms with Crippen LogP contribution in [0, 0.1) is 6.92 Å². The molecule has 1 fully saturated rings. The third-order valence-corrected chi connectivity index (χ3v) is 4.80. The minimum absolute atomic E-state index is 0.524. The number of benzene rings is 2. The van der Waals surface area contributed by atoms with Crippen molar-refractivity contribution in [2.24, 2.45) is 0 Å². The number of para-hydroxylation sites is 2. The van der Waals surface area contributed by atoms with Crippen LogP contribution in [0.25, 0.3) is 23.2 Å². The molecule has 1 aliphatic rings.